The molecular weight excluding hydrogens is 542 g/mol. The zero-order valence-corrected chi connectivity index (χ0v) is 23.0. The van der Waals surface area contributed by atoms with E-state index in [9.17, 15) is 34.2 Å². The quantitative estimate of drug-likeness (QED) is 0.174. The second kappa shape index (κ2) is 13.8. The molecule has 12 nitrogen and oxygen atoms in total. The number of nitrogens with zero attached hydrogens (tertiary/aromatic N) is 1. The summed E-state index contributed by atoms with van der Waals surface area (Å²) in [6, 6.07) is 12.2. The zero-order chi connectivity index (χ0) is 30.2. The summed E-state index contributed by atoms with van der Waals surface area (Å²) < 4.78 is 0. The minimum absolute atomic E-state index is 0.0328. The largest absolute Gasteiger partial charge is 0.481 e. The van der Waals surface area contributed by atoms with Crippen molar-refractivity contribution in [3.63, 3.8) is 0 Å². The highest BCUT2D eigenvalue weighted by Crippen LogP contribution is 2.21. The third-order valence-electron chi connectivity index (χ3n) is 7.45. The molecule has 2 aromatic carbocycles. The number of hydrogen-bond acceptors (Lipinski definition) is 6. The van der Waals surface area contributed by atoms with Gasteiger partial charge in [0.2, 0.25) is 17.7 Å². The second-order valence-corrected chi connectivity index (χ2v) is 10.4. The number of aliphatic carboxylic acids is 2. The third-order valence-corrected chi connectivity index (χ3v) is 7.45. The number of rotatable bonds is 13. The Balaban J connectivity index is 1.44. The molecule has 1 aromatic heterocycles. The minimum atomic E-state index is -1.33. The SMILES string of the molecule is NC(Cc1ccccc1)C(=O)N1CCCC1C(=O)NC(CCC(=O)O)C(=O)NC(Cc1c[nH]c2ccccc12)C(=O)O. The number of nitrogens with two attached hydrogens (primary N) is 1. The van der Waals surface area contributed by atoms with Crippen LogP contribution in [-0.4, -0.2) is 80.5 Å². The zero-order valence-electron chi connectivity index (χ0n) is 23.0. The lowest BCUT2D eigenvalue weighted by Crippen LogP contribution is -2.57. The number of carboxylic acids is 2. The Morgan fingerprint density at radius 2 is 1.67 bits per heavy atom. The summed E-state index contributed by atoms with van der Waals surface area (Å²) in [6.07, 6.45) is 2.13. The first-order chi connectivity index (χ1) is 20.1. The Labute approximate surface area is 242 Å². The number of carbonyl (C=O) groups excluding carboxylic acids is 3. The fraction of sp³-hybridized carbons (Fsp3) is 0.367. The summed E-state index contributed by atoms with van der Waals surface area (Å²) in [7, 11) is 0. The molecule has 0 radical (unpaired) electrons. The molecule has 4 rings (SSSR count). The van der Waals surface area contributed by atoms with Gasteiger partial charge < -0.3 is 36.5 Å². The monoisotopic (exact) mass is 577 g/mol. The first kappa shape index (κ1) is 30.3. The van der Waals surface area contributed by atoms with Gasteiger partial charge in [-0.15, -0.1) is 0 Å². The van der Waals surface area contributed by atoms with Gasteiger partial charge in [0.05, 0.1) is 6.04 Å². The van der Waals surface area contributed by atoms with Crippen molar-refractivity contribution in [2.45, 2.75) is 62.7 Å². The van der Waals surface area contributed by atoms with Gasteiger partial charge in [0.25, 0.3) is 0 Å². The number of H-pyrrole nitrogens is 1. The van der Waals surface area contributed by atoms with Crippen molar-refractivity contribution in [1.29, 1.82) is 0 Å². The summed E-state index contributed by atoms with van der Waals surface area (Å²) >= 11 is 0. The van der Waals surface area contributed by atoms with Gasteiger partial charge in [0, 0.05) is 36.5 Å². The van der Waals surface area contributed by atoms with Gasteiger partial charge in [0.15, 0.2) is 0 Å². The van der Waals surface area contributed by atoms with Gasteiger partial charge in [-0.3, -0.25) is 19.2 Å². The number of carboxylic acid groups (broad SMARTS) is 2. The summed E-state index contributed by atoms with van der Waals surface area (Å²) in [4.78, 5) is 67.6. The maximum absolute atomic E-state index is 13.3. The molecule has 12 heteroatoms. The average Bonchev–Trinajstić information content (AvgIpc) is 3.62. The van der Waals surface area contributed by atoms with Crippen molar-refractivity contribution < 1.29 is 34.2 Å². The fourth-order valence-electron chi connectivity index (χ4n) is 5.27. The highest BCUT2D eigenvalue weighted by atomic mass is 16.4. The first-order valence-corrected chi connectivity index (χ1v) is 13.8. The van der Waals surface area contributed by atoms with E-state index in [2.05, 4.69) is 15.6 Å². The topological polar surface area (TPSA) is 195 Å². The van der Waals surface area contributed by atoms with Crippen LogP contribution < -0.4 is 16.4 Å². The van der Waals surface area contributed by atoms with Crippen LogP contribution in [0.25, 0.3) is 10.9 Å². The molecule has 0 spiro atoms. The predicted octanol–water partition coefficient (Wildman–Crippen LogP) is 1.19. The van der Waals surface area contributed by atoms with Crippen LogP contribution in [0.15, 0.2) is 60.8 Å². The molecule has 4 unspecified atom stereocenters. The predicted molar refractivity (Wildman–Crippen MR) is 153 cm³/mol. The number of benzene rings is 2. The number of aromatic nitrogens is 1. The van der Waals surface area contributed by atoms with E-state index in [-0.39, 0.29) is 12.8 Å². The van der Waals surface area contributed by atoms with E-state index < -0.39 is 60.2 Å². The molecular formula is C30H35N5O7. The van der Waals surface area contributed by atoms with Gasteiger partial charge in [-0.1, -0.05) is 48.5 Å². The average molecular weight is 578 g/mol. The van der Waals surface area contributed by atoms with Crippen LogP contribution in [0.3, 0.4) is 0 Å². The van der Waals surface area contributed by atoms with Crippen molar-refractivity contribution in [2.24, 2.45) is 5.73 Å². The maximum atomic E-state index is 13.3. The Morgan fingerprint density at radius 3 is 2.38 bits per heavy atom. The number of para-hydroxylation sites is 1. The summed E-state index contributed by atoms with van der Waals surface area (Å²) in [6.45, 7) is 0.317. The molecule has 0 aliphatic carbocycles. The number of carbonyl (C=O) groups is 5. The van der Waals surface area contributed by atoms with E-state index in [1.807, 2.05) is 54.6 Å². The lowest BCUT2D eigenvalue weighted by atomic mass is 10.0. The van der Waals surface area contributed by atoms with Crippen LogP contribution in [0.4, 0.5) is 0 Å². The molecule has 1 aliphatic rings. The molecule has 0 saturated carbocycles. The van der Waals surface area contributed by atoms with Crippen LogP contribution in [0, 0.1) is 0 Å². The van der Waals surface area contributed by atoms with Gasteiger partial charge >= 0.3 is 11.9 Å². The van der Waals surface area contributed by atoms with Crippen LogP contribution >= 0.6 is 0 Å². The number of likely N-dealkylation sites (tertiary alicyclic amines) is 1. The highest BCUT2D eigenvalue weighted by Gasteiger charge is 2.38. The Bertz CT molecular complexity index is 1440. The normalized spacial score (nSPS) is 16.9. The lowest BCUT2D eigenvalue weighted by Gasteiger charge is -2.28. The van der Waals surface area contributed by atoms with E-state index in [1.54, 1.807) is 6.20 Å². The molecule has 7 N–H and O–H groups in total. The van der Waals surface area contributed by atoms with Crippen molar-refractivity contribution >= 4 is 40.6 Å². The van der Waals surface area contributed by atoms with E-state index >= 15 is 0 Å². The van der Waals surface area contributed by atoms with Gasteiger partial charge in [-0.25, -0.2) is 4.79 Å². The van der Waals surface area contributed by atoms with E-state index in [4.69, 9.17) is 5.73 Å². The number of amides is 3. The number of nitrogens with one attached hydrogen (secondary N) is 3. The van der Waals surface area contributed by atoms with Gasteiger partial charge in [-0.05, 0) is 42.9 Å². The molecule has 1 fully saturated rings. The van der Waals surface area contributed by atoms with Crippen LogP contribution in [0.5, 0.6) is 0 Å². The molecule has 1 saturated heterocycles. The Kier molecular flexibility index (Phi) is 9.92. The number of hydrogen-bond donors (Lipinski definition) is 6. The maximum Gasteiger partial charge on any atom is 0.326 e. The Morgan fingerprint density at radius 1 is 0.952 bits per heavy atom. The molecule has 222 valence electrons. The molecule has 3 amide bonds. The van der Waals surface area contributed by atoms with Crippen molar-refractivity contribution in [3.05, 3.63) is 71.9 Å². The summed E-state index contributed by atoms with van der Waals surface area (Å²) in [5.41, 5.74) is 8.56. The highest BCUT2D eigenvalue weighted by molar-refractivity contribution is 5.95. The number of fused-ring (bicyclic) bond motifs is 1. The first-order valence-electron chi connectivity index (χ1n) is 13.8. The second-order valence-electron chi connectivity index (χ2n) is 10.4. The molecule has 1 aliphatic heterocycles. The number of aromatic amines is 1. The van der Waals surface area contributed by atoms with Crippen molar-refractivity contribution in [1.82, 2.24) is 20.5 Å². The third kappa shape index (κ3) is 7.52. The van der Waals surface area contributed by atoms with Crippen molar-refractivity contribution in [2.75, 3.05) is 6.54 Å². The molecule has 4 atom stereocenters. The standard InChI is InChI=1S/C30H35N5O7/c31-21(15-18-7-2-1-3-8-18)29(40)35-14-6-11-25(35)28(39)33-23(12-13-26(36)37)27(38)34-24(30(41)42)16-19-17-32-22-10-5-4-9-20(19)22/h1-5,7-10,17,21,23-25,32H,6,11-16,31H2,(H,33,39)(H,34,38)(H,36,37)(H,41,42). The van der Waals surface area contributed by atoms with Crippen molar-refractivity contribution in [3.8, 4) is 0 Å². The fourth-order valence-corrected chi connectivity index (χ4v) is 5.27. The van der Waals surface area contributed by atoms with Gasteiger partial charge in [0.1, 0.15) is 18.1 Å². The van der Waals surface area contributed by atoms with E-state index in [1.165, 1.54) is 4.90 Å². The van der Waals surface area contributed by atoms with Crippen LogP contribution in [-0.2, 0) is 36.8 Å². The van der Waals surface area contributed by atoms with Gasteiger partial charge in [-0.2, -0.15) is 0 Å². The van der Waals surface area contributed by atoms with Crippen LogP contribution in [0.1, 0.15) is 36.8 Å². The summed E-state index contributed by atoms with van der Waals surface area (Å²) in [5.74, 6) is -4.31. The molecule has 2 heterocycles. The smallest absolute Gasteiger partial charge is 0.326 e. The Hall–Kier alpha value is -4.71. The van der Waals surface area contributed by atoms with E-state index in [0.29, 0.717) is 31.4 Å². The molecule has 3 aromatic rings. The van der Waals surface area contributed by atoms with E-state index in [0.717, 1.165) is 16.5 Å². The van der Waals surface area contributed by atoms with Crippen LogP contribution in [0.2, 0.25) is 0 Å². The lowest BCUT2D eigenvalue weighted by molar-refractivity contribution is -0.143. The summed E-state index contributed by atoms with van der Waals surface area (Å²) in [5, 5.41) is 24.9. The minimum Gasteiger partial charge on any atom is -0.481 e. The molecule has 42 heavy (non-hydrogen) atoms. The molecule has 0 bridgehead atoms.